The molecule has 2 rings (SSSR count). The van der Waals surface area contributed by atoms with Crippen LogP contribution in [0.5, 0.6) is 0 Å². The van der Waals surface area contributed by atoms with Gasteiger partial charge in [-0.3, -0.25) is 9.63 Å². The van der Waals surface area contributed by atoms with E-state index < -0.39 is 0 Å². The molecule has 0 N–H and O–H groups in total. The molecule has 0 aromatic heterocycles. The Morgan fingerprint density at radius 2 is 1.95 bits per heavy atom. The van der Waals surface area contributed by atoms with E-state index in [1.165, 1.54) is 5.56 Å². The van der Waals surface area contributed by atoms with Gasteiger partial charge in [-0.1, -0.05) is 51.1 Å². The smallest absolute Gasteiger partial charge is 0.139 e. The predicted octanol–water partition coefficient (Wildman–Crippen LogP) is 4.54. The predicted molar refractivity (Wildman–Crippen MR) is 89.3 cm³/mol. The highest BCUT2D eigenvalue weighted by Gasteiger charge is 2.47. The third-order valence-electron chi connectivity index (χ3n) is 5.19. The van der Waals surface area contributed by atoms with Gasteiger partial charge in [0.1, 0.15) is 11.9 Å². The lowest BCUT2D eigenvalue weighted by Crippen LogP contribution is -2.60. The Kier molecular flexibility index (Phi) is 5.41. The largest absolute Gasteiger partial charge is 0.299 e. The van der Waals surface area contributed by atoms with Crippen LogP contribution >= 0.6 is 0 Å². The van der Waals surface area contributed by atoms with Crippen LogP contribution in [0.15, 0.2) is 30.3 Å². The first-order valence-electron chi connectivity index (χ1n) is 8.46. The van der Waals surface area contributed by atoms with E-state index in [1.54, 1.807) is 0 Å². The molecule has 3 nitrogen and oxygen atoms in total. The van der Waals surface area contributed by atoms with Gasteiger partial charge in [0.2, 0.25) is 0 Å². The molecule has 0 saturated carbocycles. The molecular weight excluding hydrogens is 274 g/mol. The van der Waals surface area contributed by atoms with E-state index in [-0.39, 0.29) is 23.6 Å². The fourth-order valence-electron chi connectivity index (χ4n) is 3.39. The highest BCUT2D eigenvalue weighted by atomic mass is 16.7. The highest BCUT2D eigenvalue weighted by molar-refractivity contribution is 5.83. The summed E-state index contributed by atoms with van der Waals surface area (Å²) < 4.78 is 0. The van der Waals surface area contributed by atoms with E-state index in [1.807, 2.05) is 25.1 Å². The fourth-order valence-corrected chi connectivity index (χ4v) is 3.39. The van der Waals surface area contributed by atoms with Gasteiger partial charge in [-0.15, -0.1) is 0 Å². The van der Waals surface area contributed by atoms with Crippen molar-refractivity contribution in [3.63, 3.8) is 0 Å². The van der Waals surface area contributed by atoms with Gasteiger partial charge < -0.3 is 0 Å². The third-order valence-corrected chi connectivity index (χ3v) is 5.19. The second-order valence-electron chi connectivity index (χ2n) is 6.74. The number of carbonyl (C=O) groups is 1. The molecule has 3 heteroatoms. The molecule has 0 aliphatic carbocycles. The van der Waals surface area contributed by atoms with Crippen molar-refractivity contribution in [2.24, 2.45) is 5.92 Å². The standard InChI is InChI=1S/C19H29NO2/c1-6-17-14(3)18(21)13-19(5,7-2)20(17)22-15(4)16-11-9-8-10-12-16/h8-12,14-15,17H,6-7,13H2,1-5H3. The van der Waals surface area contributed by atoms with E-state index in [2.05, 4.69) is 44.9 Å². The van der Waals surface area contributed by atoms with Crippen LogP contribution in [-0.2, 0) is 9.63 Å². The second-order valence-corrected chi connectivity index (χ2v) is 6.74. The van der Waals surface area contributed by atoms with Crippen molar-refractivity contribution in [1.29, 1.82) is 0 Å². The average Bonchev–Trinajstić information content (AvgIpc) is 2.53. The summed E-state index contributed by atoms with van der Waals surface area (Å²) in [5, 5.41) is 2.14. The molecule has 1 aromatic rings. The number of hydroxylamine groups is 2. The van der Waals surface area contributed by atoms with Crippen LogP contribution in [0.3, 0.4) is 0 Å². The maximum absolute atomic E-state index is 12.4. The Morgan fingerprint density at radius 1 is 1.32 bits per heavy atom. The van der Waals surface area contributed by atoms with Crippen LogP contribution in [0.25, 0.3) is 0 Å². The molecule has 0 radical (unpaired) electrons. The van der Waals surface area contributed by atoms with Crippen molar-refractivity contribution in [3.05, 3.63) is 35.9 Å². The molecule has 0 bridgehead atoms. The van der Waals surface area contributed by atoms with E-state index >= 15 is 0 Å². The van der Waals surface area contributed by atoms with Crippen LogP contribution in [0.4, 0.5) is 0 Å². The SMILES string of the molecule is CCC1C(C)C(=O)CC(C)(CC)N1OC(C)c1ccccc1. The lowest BCUT2D eigenvalue weighted by Gasteiger charge is -2.50. The number of Topliss-reactive ketones (excluding diaryl/α,β-unsaturated/α-hetero) is 1. The van der Waals surface area contributed by atoms with Gasteiger partial charge in [0.25, 0.3) is 0 Å². The number of ketones is 1. The lowest BCUT2D eigenvalue weighted by atomic mass is 9.78. The summed E-state index contributed by atoms with van der Waals surface area (Å²) in [4.78, 5) is 18.7. The van der Waals surface area contributed by atoms with Crippen molar-refractivity contribution in [2.75, 3.05) is 0 Å². The first-order valence-corrected chi connectivity index (χ1v) is 8.46. The first-order chi connectivity index (χ1) is 10.4. The van der Waals surface area contributed by atoms with Crippen molar-refractivity contribution >= 4 is 5.78 Å². The molecule has 1 saturated heterocycles. The van der Waals surface area contributed by atoms with E-state index in [0.29, 0.717) is 12.2 Å². The minimum Gasteiger partial charge on any atom is -0.299 e. The molecule has 1 heterocycles. The fraction of sp³-hybridized carbons (Fsp3) is 0.632. The Morgan fingerprint density at radius 3 is 2.50 bits per heavy atom. The number of piperidine rings is 1. The first kappa shape index (κ1) is 17.2. The number of hydrogen-bond donors (Lipinski definition) is 0. The summed E-state index contributed by atoms with van der Waals surface area (Å²) in [5.74, 6) is 0.399. The summed E-state index contributed by atoms with van der Waals surface area (Å²) in [6, 6.07) is 10.4. The third kappa shape index (κ3) is 3.26. The summed E-state index contributed by atoms with van der Waals surface area (Å²) in [6.45, 7) is 10.5. The average molecular weight is 303 g/mol. The van der Waals surface area contributed by atoms with Crippen LogP contribution in [0, 0.1) is 5.92 Å². The van der Waals surface area contributed by atoms with Gasteiger partial charge in [-0.2, -0.15) is 5.06 Å². The Hall–Kier alpha value is -1.19. The van der Waals surface area contributed by atoms with E-state index in [9.17, 15) is 4.79 Å². The van der Waals surface area contributed by atoms with Crippen molar-refractivity contribution in [3.8, 4) is 0 Å². The highest BCUT2D eigenvalue weighted by Crippen LogP contribution is 2.39. The quantitative estimate of drug-likeness (QED) is 0.800. The minimum absolute atomic E-state index is 0.0125. The van der Waals surface area contributed by atoms with E-state index in [0.717, 1.165) is 12.8 Å². The van der Waals surface area contributed by atoms with Crippen LogP contribution in [-0.4, -0.2) is 22.4 Å². The molecular formula is C19H29NO2. The Balaban J connectivity index is 2.25. The van der Waals surface area contributed by atoms with Gasteiger partial charge >= 0.3 is 0 Å². The maximum Gasteiger partial charge on any atom is 0.139 e. The lowest BCUT2D eigenvalue weighted by molar-refractivity contribution is -0.287. The molecule has 0 amide bonds. The maximum atomic E-state index is 12.4. The molecule has 122 valence electrons. The number of hydrogen-bond acceptors (Lipinski definition) is 3. The topological polar surface area (TPSA) is 29.5 Å². The van der Waals surface area contributed by atoms with Crippen LogP contribution in [0.1, 0.15) is 65.5 Å². The molecule has 4 unspecified atom stereocenters. The molecule has 1 fully saturated rings. The molecule has 1 aliphatic heterocycles. The number of carbonyl (C=O) groups excluding carboxylic acids is 1. The zero-order chi connectivity index (χ0) is 16.3. The van der Waals surface area contributed by atoms with Crippen molar-refractivity contribution < 1.29 is 9.63 Å². The Labute approximate surface area is 134 Å². The Bertz CT molecular complexity index is 501. The van der Waals surface area contributed by atoms with Gasteiger partial charge in [0, 0.05) is 18.4 Å². The zero-order valence-corrected chi connectivity index (χ0v) is 14.5. The van der Waals surface area contributed by atoms with Crippen LogP contribution < -0.4 is 0 Å². The molecule has 4 atom stereocenters. The summed E-state index contributed by atoms with van der Waals surface area (Å²) in [6.07, 6.45) is 2.39. The van der Waals surface area contributed by atoms with Gasteiger partial charge in [0.15, 0.2) is 0 Å². The molecule has 1 aromatic carbocycles. The molecule has 22 heavy (non-hydrogen) atoms. The second kappa shape index (κ2) is 6.93. The number of nitrogens with zero attached hydrogens (tertiary/aromatic N) is 1. The summed E-state index contributed by atoms with van der Waals surface area (Å²) >= 11 is 0. The number of rotatable bonds is 5. The van der Waals surface area contributed by atoms with Crippen LogP contribution in [0.2, 0.25) is 0 Å². The summed E-state index contributed by atoms with van der Waals surface area (Å²) in [5.41, 5.74) is 0.952. The zero-order valence-electron chi connectivity index (χ0n) is 14.5. The molecule has 1 aliphatic rings. The van der Waals surface area contributed by atoms with Gasteiger partial charge in [-0.25, -0.2) is 0 Å². The van der Waals surface area contributed by atoms with E-state index in [4.69, 9.17) is 4.84 Å². The summed E-state index contributed by atoms with van der Waals surface area (Å²) in [7, 11) is 0. The molecule has 0 spiro atoms. The number of benzene rings is 1. The minimum atomic E-state index is -0.215. The monoisotopic (exact) mass is 303 g/mol. The van der Waals surface area contributed by atoms with Crippen molar-refractivity contribution in [2.45, 2.75) is 71.6 Å². The van der Waals surface area contributed by atoms with Crippen molar-refractivity contribution in [1.82, 2.24) is 5.06 Å². The van der Waals surface area contributed by atoms with Gasteiger partial charge in [-0.05, 0) is 32.3 Å². The normalized spacial score (nSPS) is 31.2. The van der Waals surface area contributed by atoms with Gasteiger partial charge in [0.05, 0.1) is 5.54 Å².